The molecule has 96 valence electrons. The van der Waals surface area contributed by atoms with Gasteiger partial charge in [0, 0.05) is 7.11 Å². The van der Waals surface area contributed by atoms with Gasteiger partial charge in [0.1, 0.15) is 17.9 Å². The Bertz CT molecular complexity index is 263. The Balaban J connectivity index is 5.04. The highest BCUT2D eigenvalue weighted by atomic mass is 31.2. The van der Waals surface area contributed by atoms with E-state index in [1.165, 1.54) is 0 Å². The van der Waals surface area contributed by atoms with Gasteiger partial charge in [0.25, 0.3) is 0 Å². The van der Waals surface area contributed by atoms with Gasteiger partial charge in [0.2, 0.25) is 0 Å². The van der Waals surface area contributed by atoms with Crippen molar-refractivity contribution in [3.05, 3.63) is 0 Å². The molecular weight excluding hydrogens is 243 g/mol. The lowest BCUT2D eigenvalue weighted by Crippen LogP contribution is -2.46. The van der Waals surface area contributed by atoms with Crippen molar-refractivity contribution < 1.29 is 39.2 Å². The fraction of sp³-hybridized carbons (Fsp3) is 0.857. The monoisotopic (exact) mass is 258 g/mol. The number of aliphatic hydroxyl groups is 3. The number of ether oxygens (including phenoxy) is 1. The lowest BCUT2D eigenvalue weighted by atomic mass is 10.1. The normalized spacial score (nSPS) is 19.9. The van der Waals surface area contributed by atoms with Crippen LogP contribution in [0.25, 0.3) is 0 Å². The summed E-state index contributed by atoms with van der Waals surface area (Å²) in [6.07, 6.45) is -5.10. The molecule has 9 heteroatoms. The minimum atomic E-state index is -4.88. The molecule has 0 aromatic rings. The lowest BCUT2D eigenvalue weighted by Gasteiger charge is -2.29. The summed E-state index contributed by atoms with van der Waals surface area (Å²) in [7, 11) is -3.82. The SMILES string of the molecule is CO[C@@H](C=O)[C@@H](O)[C@@H]([C@H](O)CO)P(=O)(O)O. The topological polar surface area (TPSA) is 145 Å². The fourth-order valence-electron chi connectivity index (χ4n) is 1.23. The van der Waals surface area contributed by atoms with Crippen molar-refractivity contribution in [2.45, 2.75) is 24.0 Å². The van der Waals surface area contributed by atoms with Crippen LogP contribution in [0.2, 0.25) is 0 Å². The average Bonchev–Trinajstić information content (AvgIpc) is 2.17. The molecule has 0 amide bonds. The van der Waals surface area contributed by atoms with Crippen LogP contribution < -0.4 is 0 Å². The first-order valence-electron chi connectivity index (χ1n) is 4.29. The summed E-state index contributed by atoms with van der Waals surface area (Å²) in [4.78, 5) is 28.2. The summed E-state index contributed by atoms with van der Waals surface area (Å²) >= 11 is 0. The van der Waals surface area contributed by atoms with E-state index in [1.807, 2.05) is 0 Å². The molecule has 0 saturated heterocycles. The minimum Gasteiger partial charge on any atom is -0.394 e. The van der Waals surface area contributed by atoms with Crippen molar-refractivity contribution in [3.8, 4) is 0 Å². The van der Waals surface area contributed by atoms with Crippen LogP contribution in [0.15, 0.2) is 0 Å². The van der Waals surface area contributed by atoms with Crippen LogP contribution in [0.5, 0.6) is 0 Å². The van der Waals surface area contributed by atoms with E-state index in [1.54, 1.807) is 0 Å². The van der Waals surface area contributed by atoms with E-state index in [4.69, 9.17) is 14.9 Å². The van der Waals surface area contributed by atoms with Gasteiger partial charge in [-0.2, -0.15) is 0 Å². The zero-order chi connectivity index (χ0) is 12.9. The fourth-order valence-corrected chi connectivity index (χ4v) is 2.34. The molecule has 0 aliphatic carbocycles. The summed E-state index contributed by atoms with van der Waals surface area (Å²) in [5.41, 5.74) is -1.98. The second kappa shape index (κ2) is 6.41. The first-order valence-corrected chi connectivity index (χ1v) is 5.98. The quantitative estimate of drug-likeness (QED) is 0.248. The Morgan fingerprint density at radius 2 is 1.88 bits per heavy atom. The third-order valence-corrected chi connectivity index (χ3v) is 3.49. The second-order valence-corrected chi connectivity index (χ2v) is 4.93. The summed E-state index contributed by atoms with van der Waals surface area (Å²) in [5, 5.41) is 27.3. The molecule has 0 rings (SSSR count). The van der Waals surface area contributed by atoms with Gasteiger partial charge < -0.3 is 34.6 Å². The van der Waals surface area contributed by atoms with Gasteiger partial charge in [0.05, 0.1) is 12.7 Å². The molecule has 0 bridgehead atoms. The third kappa shape index (κ3) is 3.91. The molecule has 0 aromatic heterocycles. The standard InChI is InChI=1S/C7H15O8P/c1-15-5(3-9)6(11)7(4(10)2-8)16(12,13)14/h3-8,10-11H,2H2,1H3,(H2,12,13,14)/t4-,5+,6-,7-/m1/s1. The zero-order valence-electron chi connectivity index (χ0n) is 8.50. The molecule has 0 aliphatic heterocycles. The van der Waals surface area contributed by atoms with Crippen molar-refractivity contribution in [2.24, 2.45) is 0 Å². The average molecular weight is 258 g/mol. The van der Waals surface area contributed by atoms with Crippen LogP contribution in [0.3, 0.4) is 0 Å². The Morgan fingerprint density at radius 3 is 2.12 bits per heavy atom. The summed E-state index contributed by atoms with van der Waals surface area (Å²) in [5.74, 6) is 0. The smallest absolute Gasteiger partial charge is 0.334 e. The van der Waals surface area contributed by atoms with Gasteiger partial charge in [-0.1, -0.05) is 0 Å². The van der Waals surface area contributed by atoms with Crippen molar-refractivity contribution in [1.82, 2.24) is 0 Å². The van der Waals surface area contributed by atoms with Crippen LogP contribution in [-0.2, 0) is 14.1 Å². The van der Waals surface area contributed by atoms with Crippen molar-refractivity contribution in [2.75, 3.05) is 13.7 Å². The van der Waals surface area contributed by atoms with E-state index < -0.39 is 38.2 Å². The van der Waals surface area contributed by atoms with E-state index in [2.05, 4.69) is 4.74 Å². The van der Waals surface area contributed by atoms with Crippen LogP contribution in [-0.4, -0.2) is 69.1 Å². The maximum Gasteiger partial charge on any atom is 0.334 e. The minimum absolute atomic E-state index is 0.150. The molecule has 0 aromatic carbocycles. The van der Waals surface area contributed by atoms with E-state index in [0.717, 1.165) is 7.11 Å². The molecule has 0 spiro atoms. The Morgan fingerprint density at radius 1 is 1.38 bits per heavy atom. The molecule has 5 N–H and O–H groups in total. The number of carbonyl (C=O) groups is 1. The molecule has 0 unspecified atom stereocenters. The number of aldehydes is 1. The van der Waals surface area contributed by atoms with Crippen molar-refractivity contribution in [3.63, 3.8) is 0 Å². The molecule has 0 heterocycles. The van der Waals surface area contributed by atoms with E-state index in [-0.39, 0.29) is 6.29 Å². The first kappa shape index (κ1) is 15.7. The maximum atomic E-state index is 11.0. The Hall–Kier alpha value is -0.340. The third-order valence-electron chi connectivity index (χ3n) is 2.06. The molecule has 4 atom stereocenters. The number of aliphatic hydroxyl groups excluding tert-OH is 3. The molecule has 0 fully saturated rings. The predicted octanol–water partition coefficient (Wildman–Crippen LogP) is -2.54. The lowest BCUT2D eigenvalue weighted by molar-refractivity contribution is -0.124. The van der Waals surface area contributed by atoms with Gasteiger partial charge in [0.15, 0.2) is 6.29 Å². The van der Waals surface area contributed by atoms with E-state index in [9.17, 15) is 19.6 Å². The molecule has 0 aliphatic rings. The molecule has 0 radical (unpaired) electrons. The highest BCUT2D eigenvalue weighted by Gasteiger charge is 2.44. The van der Waals surface area contributed by atoms with Crippen molar-refractivity contribution in [1.29, 1.82) is 0 Å². The van der Waals surface area contributed by atoms with Gasteiger partial charge in [-0.25, -0.2) is 0 Å². The van der Waals surface area contributed by atoms with Gasteiger partial charge in [-0.15, -0.1) is 0 Å². The molecular formula is C7H15O8P. The number of carbonyl (C=O) groups excluding carboxylic acids is 1. The predicted molar refractivity (Wildman–Crippen MR) is 51.8 cm³/mol. The maximum absolute atomic E-state index is 11.0. The molecule has 0 saturated carbocycles. The highest BCUT2D eigenvalue weighted by Crippen LogP contribution is 2.45. The van der Waals surface area contributed by atoms with E-state index >= 15 is 0 Å². The summed E-state index contributed by atoms with van der Waals surface area (Å²) < 4.78 is 15.5. The molecule has 8 nitrogen and oxygen atoms in total. The highest BCUT2D eigenvalue weighted by molar-refractivity contribution is 7.52. The van der Waals surface area contributed by atoms with E-state index in [0.29, 0.717) is 0 Å². The van der Waals surface area contributed by atoms with Crippen LogP contribution >= 0.6 is 7.60 Å². The number of methoxy groups -OCH3 is 1. The largest absolute Gasteiger partial charge is 0.394 e. The van der Waals surface area contributed by atoms with Crippen LogP contribution in [0.4, 0.5) is 0 Å². The number of hydrogen-bond donors (Lipinski definition) is 5. The second-order valence-electron chi connectivity index (χ2n) is 3.16. The number of hydrogen-bond acceptors (Lipinski definition) is 6. The van der Waals surface area contributed by atoms with Crippen LogP contribution in [0.1, 0.15) is 0 Å². The van der Waals surface area contributed by atoms with Gasteiger partial charge in [-0.05, 0) is 0 Å². The van der Waals surface area contributed by atoms with Gasteiger partial charge >= 0.3 is 7.60 Å². The Kier molecular flexibility index (Phi) is 6.27. The number of rotatable bonds is 7. The van der Waals surface area contributed by atoms with Gasteiger partial charge in [-0.3, -0.25) is 4.57 Å². The zero-order valence-corrected chi connectivity index (χ0v) is 9.40. The van der Waals surface area contributed by atoms with Crippen LogP contribution in [0, 0.1) is 0 Å². The summed E-state index contributed by atoms with van der Waals surface area (Å²) in [6.45, 7) is -0.956. The molecule has 16 heavy (non-hydrogen) atoms. The Labute approximate surface area is 91.6 Å². The van der Waals surface area contributed by atoms with Crippen molar-refractivity contribution >= 4 is 13.9 Å². The first-order chi connectivity index (χ1) is 7.29. The summed E-state index contributed by atoms with van der Waals surface area (Å²) in [6, 6.07) is 0.